The minimum absolute atomic E-state index is 0.0891. The van der Waals surface area contributed by atoms with Crippen molar-refractivity contribution in [3.8, 4) is 0 Å². The molecular weight excluding hydrogens is 248 g/mol. The second kappa shape index (κ2) is 5.76. The van der Waals surface area contributed by atoms with Crippen molar-refractivity contribution in [1.29, 1.82) is 0 Å². The van der Waals surface area contributed by atoms with Crippen LogP contribution in [0.5, 0.6) is 0 Å². The lowest BCUT2D eigenvalue weighted by molar-refractivity contribution is -0.0814. The number of hydrogen-bond acceptors (Lipinski definition) is 2. The average molecular weight is 262 g/mol. The third-order valence-electron chi connectivity index (χ3n) is 2.80. The van der Waals surface area contributed by atoms with Crippen LogP contribution in [-0.2, 0) is 11.2 Å². The summed E-state index contributed by atoms with van der Waals surface area (Å²) in [7, 11) is 0. The highest BCUT2D eigenvalue weighted by Gasteiger charge is 2.27. The number of ether oxygens (including phenoxy) is 1. The van der Waals surface area contributed by atoms with Gasteiger partial charge in [-0.05, 0) is 24.1 Å². The molecule has 5 heteroatoms. The molecule has 1 aromatic rings. The molecule has 94 valence electrons. The molecule has 2 nitrogen and oxygen atoms in total. The van der Waals surface area contributed by atoms with E-state index in [9.17, 15) is 8.78 Å². The molecule has 0 aromatic heterocycles. The highest BCUT2D eigenvalue weighted by Crippen LogP contribution is 2.14. The fourth-order valence-corrected chi connectivity index (χ4v) is 1.96. The van der Waals surface area contributed by atoms with Crippen molar-refractivity contribution in [2.75, 3.05) is 13.2 Å². The van der Waals surface area contributed by atoms with Crippen LogP contribution in [0.25, 0.3) is 0 Å². The van der Waals surface area contributed by atoms with E-state index in [-0.39, 0.29) is 12.6 Å². The molecule has 0 radical (unpaired) electrons. The Morgan fingerprint density at radius 2 is 2.06 bits per heavy atom. The summed E-state index contributed by atoms with van der Waals surface area (Å²) in [6, 6.07) is 7.60. The molecular formula is C12H14ClF2NO. The first-order valence-electron chi connectivity index (χ1n) is 5.53. The van der Waals surface area contributed by atoms with E-state index in [0.29, 0.717) is 11.6 Å². The van der Waals surface area contributed by atoms with Crippen molar-refractivity contribution in [1.82, 2.24) is 5.32 Å². The molecule has 2 unspecified atom stereocenters. The lowest BCUT2D eigenvalue weighted by atomic mass is 10.1. The largest absolute Gasteiger partial charge is 0.369 e. The van der Waals surface area contributed by atoms with Crippen LogP contribution in [0.4, 0.5) is 8.78 Å². The Balaban J connectivity index is 1.84. The van der Waals surface area contributed by atoms with Crippen LogP contribution in [0.2, 0.25) is 5.02 Å². The van der Waals surface area contributed by atoms with Crippen molar-refractivity contribution < 1.29 is 13.5 Å². The van der Waals surface area contributed by atoms with Gasteiger partial charge in [-0.1, -0.05) is 23.7 Å². The number of nitrogens with one attached hydrogen (secondary N) is 1. The number of benzene rings is 1. The van der Waals surface area contributed by atoms with E-state index in [0.717, 1.165) is 12.0 Å². The normalized spacial score (nSPS) is 25.2. The Kier molecular flexibility index (Phi) is 4.31. The molecule has 1 aromatic carbocycles. The molecule has 0 spiro atoms. The molecule has 2 atom stereocenters. The molecule has 1 aliphatic heterocycles. The number of hydrogen-bond donors (Lipinski definition) is 1. The van der Waals surface area contributed by atoms with Crippen molar-refractivity contribution in [3.05, 3.63) is 34.9 Å². The molecule has 0 bridgehead atoms. The van der Waals surface area contributed by atoms with E-state index < -0.39 is 12.5 Å². The SMILES string of the molecule is FC(F)C1CNC(Cc2ccc(Cl)cc2)CO1. The van der Waals surface area contributed by atoms with E-state index in [4.69, 9.17) is 16.3 Å². The van der Waals surface area contributed by atoms with Gasteiger partial charge in [-0.15, -0.1) is 0 Å². The predicted molar refractivity (Wildman–Crippen MR) is 62.7 cm³/mol. The number of rotatable bonds is 3. The molecule has 0 amide bonds. The highest BCUT2D eigenvalue weighted by molar-refractivity contribution is 6.30. The van der Waals surface area contributed by atoms with Gasteiger partial charge in [0.05, 0.1) is 6.61 Å². The average Bonchev–Trinajstić information content (AvgIpc) is 2.33. The zero-order valence-corrected chi connectivity index (χ0v) is 9.96. The summed E-state index contributed by atoms with van der Waals surface area (Å²) < 4.78 is 29.8. The van der Waals surface area contributed by atoms with Gasteiger partial charge in [0.1, 0.15) is 6.10 Å². The maximum Gasteiger partial charge on any atom is 0.265 e. The third kappa shape index (κ3) is 3.63. The molecule has 0 aliphatic carbocycles. The summed E-state index contributed by atoms with van der Waals surface area (Å²) in [4.78, 5) is 0. The molecule has 0 saturated carbocycles. The molecule has 1 heterocycles. The first-order chi connectivity index (χ1) is 8.15. The second-order valence-electron chi connectivity index (χ2n) is 4.14. The smallest absolute Gasteiger partial charge is 0.265 e. The molecule has 17 heavy (non-hydrogen) atoms. The van der Waals surface area contributed by atoms with E-state index in [1.54, 1.807) is 0 Å². The fraction of sp³-hybridized carbons (Fsp3) is 0.500. The summed E-state index contributed by atoms with van der Waals surface area (Å²) in [6.07, 6.45) is -2.64. The summed E-state index contributed by atoms with van der Waals surface area (Å²) in [5, 5.41) is 3.77. The standard InChI is InChI=1S/C12H14ClF2NO/c13-9-3-1-8(2-4-9)5-10-7-17-11(6-16-10)12(14)15/h1-4,10-12,16H,5-7H2. The van der Waals surface area contributed by atoms with Crippen LogP contribution < -0.4 is 5.32 Å². The van der Waals surface area contributed by atoms with Crippen LogP contribution in [0, 0.1) is 0 Å². The van der Waals surface area contributed by atoms with Gasteiger partial charge in [-0.3, -0.25) is 0 Å². The molecule has 1 saturated heterocycles. The Bertz CT molecular complexity index is 350. The summed E-state index contributed by atoms with van der Waals surface area (Å²) in [5.74, 6) is 0. The molecule has 1 fully saturated rings. The zero-order chi connectivity index (χ0) is 12.3. The van der Waals surface area contributed by atoms with Crippen molar-refractivity contribution >= 4 is 11.6 Å². The molecule has 1 aliphatic rings. The Labute approximate surface area is 104 Å². The van der Waals surface area contributed by atoms with Crippen LogP contribution in [0.3, 0.4) is 0 Å². The van der Waals surface area contributed by atoms with E-state index in [1.807, 2.05) is 24.3 Å². The highest BCUT2D eigenvalue weighted by atomic mass is 35.5. The number of morpholine rings is 1. The fourth-order valence-electron chi connectivity index (χ4n) is 1.84. The molecule has 1 N–H and O–H groups in total. The van der Waals surface area contributed by atoms with Crippen molar-refractivity contribution in [3.63, 3.8) is 0 Å². The van der Waals surface area contributed by atoms with Crippen LogP contribution >= 0.6 is 11.6 Å². The minimum Gasteiger partial charge on any atom is -0.369 e. The Morgan fingerprint density at radius 1 is 1.35 bits per heavy atom. The Morgan fingerprint density at radius 3 is 2.59 bits per heavy atom. The summed E-state index contributed by atoms with van der Waals surface area (Å²) >= 11 is 5.78. The van der Waals surface area contributed by atoms with Crippen LogP contribution in [0.15, 0.2) is 24.3 Å². The Hall–Kier alpha value is -0.710. The topological polar surface area (TPSA) is 21.3 Å². The monoisotopic (exact) mass is 261 g/mol. The minimum atomic E-state index is -2.42. The van der Waals surface area contributed by atoms with Gasteiger partial charge in [-0.25, -0.2) is 8.78 Å². The van der Waals surface area contributed by atoms with Crippen LogP contribution in [-0.4, -0.2) is 31.7 Å². The predicted octanol–water partition coefficient (Wildman–Crippen LogP) is 2.50. The van der Waals surface area contributed by atoms with Gasteiger partial charge in [0.15, 0.2) is 0 Å². The van der Waals surface area contributed by atoms with Crippen molar-refractivity contribution in [2.45, 2.75) is 25.0 Å². The van der Waals surface area contributed by atoms with Gasteiger partial charge < -0.3 is 10.1 Å². The van der Waals surface area contributed by atoms with Crippen LogP contribution in [0.1, 0.15) is 5.56 Å². The zero-order valence-electron chi connectivity index (χ0n) is 9.20. The first kappa shape index (κ1) is 12.7. The third-order valence-corrected chi connectivity index (χ3v) is 3.05. The lowest BCUT2D eigenvalue weighted by Gasteiger charge is -2.29. The van der Waals surface area contributed by atoms with Gasteiger partial charge in [0.2, 0.25) is 0 Å². The van der Waals surface area contributed by atoms with Gasteiger partial charge in [-0.2, -0.15) is 0 Å². The number of halogens is 3. The quantitative estimate of drug-likeness (QED) is 0.903. The summed E-state index contributed by atoms with van der Waals surface area (Å²) in [6.45, 7) is 0.521. The van der Waals surface area contributed by atoms with Gasteiger partial charge >= 0.3 is 0 Å². The maximum absolute atomic E-state index is 12.3. The van der Waals surface area contributed by atoms with Crippen molar-refractivity contribution in [2.24, 2.45) is 0 Å². The maximum atomic E-state index is 12.3. The van der Waals surface area contributed by atoms with E-state index in [1.165, 1.54) is 0 Å². The summed E-state index contributed by atoms with van der Waals surface area (Å²) in [5.41, 5.74) is 1.12. The van der Waals surface area contributed by atoms with E-state index >= 15 is 0 Å². The number of alkyl halides is 2. The van der Waals surface area contributed by atoms with E-state index in [2.05, 4.69) is 5.32 Å². The van der Waals surface area contributed by atoms with Gasteiger partial charge in [0.25, 0.3) is 6.43 Å². The van der Waals surface area contributed by atoms with Gasteiger partial charge in [0, 0.05) is 17.6 Å². The first-order valence-corrected chi connectivity index (χ1v) is 5.90. The second-order valence-corrected chi connectivity index (χ2v) is 4.58. The molecule has 2 rings (SSSR count). The lowest BCUT2D eigenvalue weighted by Crippen LogP contribution is -2.49.